The van der Waals surface area contributed by atoms with E-state index in [4.69, 9.17) is 4.74 Å². The maximum absolute atomic E-state index is 10.6. The van der Waals surface area contributed by atoms with E-state index in [-0.39, 0.29) is 10.6 Å². The number of hydrogen-bond acceptors (Lipinski definition) is 4. The van der Waals surface area contributed by atoms with Gasteiger partial charge < -0.3 is 10.1 Å². The fourth-order valence-corrected chi connectivity index (χ4v) is 2.88. The lowest BCUT2D eigenvalue weighted by molar-refractivity contribution is -0.385. The van der Waals surface area contributed by atoms with Gasteiger partial charge in [-0.05, 0) is 66.9 Å². The van der Waals surface area contributed by atoms with Crippen LogP contribution < -0.4 is 10.1 Å². The van der Waals surface area contributed by atoms with Crippen LogP contribution in [0.4, 0.5) is 5.69 Å². The Morgan fingerprint density at radius 3 is 3.00 bits per heavy atom. The van der Waals surface area contributed by atoms with Crippen LogP contribution in [-0.4, -0.2) is 24.6 Å². The van der Waals surface area contributed by atoms with Crippen molar-refractivity contribution in [2.75, 3.05) is 19.7 Å². The lowest BCUT2D eigenvalue weighted by Gasteiger charge is -2.22. The van der Waals surface area contributed by atoms with E-state index < -0.39 is 0 Å². The second-order valence-electron chi connectivity index (χ2n) is 4.72. The average molecular weight is 376 g/mol. The molecule has 0 amide bonds. The Kier molecular flexibility index (Phi) is 5.38. The van der Waals surface area contributed by atoms with E-state index in [0.29, 0.717) is 12.5 Å². The smallest absolute Gasteiger partial charge is 0.270 e. The molecule has 6 heteroatoms. The largest absolute Gasteiger partial charge is 0.492 e. The summed E-state index contributed by atoms with van der Waals surface area (Å²) in [4.78, 5) is 10.3. The highest BCUT2D eigenvalue weighted by Crippen LogP contribution is 2.26. The summed E-state index contributed by atoms with van der Waals surface area (Å²) in [6, 6.07) is 4.71. The van der Waals surface area contributed by atoms with Crippen molar-refractivity contribution in [3.05, 3.63) is 31.9 Å². The number of rotatable bonds is 5. The van der Waals surface area contributed by atoms with E-state index in [2.05, 4.69) is 27.9 Å². The van der Waals surface area contributed by atoms with Crippen molar-refractivity contribution in [3.8, 4) is 5.75 Å². The minimum absolute atomic E-state index is 0.105. The zero-order valence-electron chi connectivity index (χ0n) is 10.6. The number of nitro groups is 1. The molecule has 1 unspecified atom stereocenters. The molecule has 0 spiro atoms. The van der Waals surface area contributed by atoms with E-state index in [1.54, 1.807) is 6.07 Å². The molecule has 0 radical (unpaired) electrons. The molecule has 19 heavy (non-hydrogen) atoms. The first-order valence-corrected chi connectivity index (χ1v) is 7.52. The van der Waals surface area contributed by atoms with Crippen LogP contribution in [0.25, 0.3) is 0 Å². The lowest BCUT2D eigenvalue weighted by atomic mass is 9.97. The Labute approximate surface area is 126 Å². The second-order valence-corrected chi connectivity index (χ2v) is 5.88. The van der Waals surface area contributed by atoms with Crippen LogP contribution in [0.5, 0.6) is 5.75 Å². The molecule has 1 atom stereocenters. The third kappa shape index (κ3) is 4.31. The van der Waals surface area contributed by atoms with Crippen LogP contribution in [-0.2, 0) is 0 Å². The Morgan fingerprint density at radius 2 is 2.37 bits per heavy atom. The summed E-state index contributed by atoms with van der Waals surface area (Å²) in [5, 5.41) is 14.0. The van der Waals surface area contributed by atoms with Crippen LogP contribution in [0.2, 0.25) is 0 Å². The maximum atomic E-state index is 10.6. The predicted molar refractivity (Wildman–Crippen MR) is 81.5 cm³/mol. The number of nitro benzene ring substituents is 1. The summed E-state index contributed by atoms with van der Waals surface area (Å²) in [6.45, 7) is 2.86. The molecule has 1 N–H and O–H groups in total. The standard InChI is InChI=1S/C13H17IN2O3/c14-12-8-11(16(17)18)3-4-13(12)19-7-5-10-2-1-6-15-9-10/h3-4,8,10,15H,1-2,5-7,9H2. The van der Waals surface area contributed by atoms with Crippen LogP contribution >= 0.6 is 22.6 Å². The van der Waals surface area contributed by atoms with Gasteiger partial charge in [-0.2, -0.15) is 0 Å². The SMILES string of the molecule is O=[N+]([O-])c1ccc(OCCC2CCCNC2)c(I)c1. The van der Waals surface area contributed by atoms with Gasteiger partial charge in [0.15, 0.2) is 0 Å². The van der Waals surface area contributed by atoms with Crippen LogP contribution in [0.3, 0.4) is 0 Å². The molecule has 0 aliphatic carbocycles. The molecule has 1 heterocycles. The molecular weight excluding hydrogens is 359 g/mol. The second kappa shape index (κ2) is 7.04. The van der Waals surface area contributed by atoms with Crippen molar-refractivity contribution in [2.24, 2.45) is 5.92 Å². The first kappa shape index (κ1) is 14.5. The number of non-ortho nitro benzene ring substituents is 1. The van der Waals surface area contributed by atoms with Crippen molar-refractivity contribution in [1.82, 2.24) is 5.32 Å². The van der Waals surface area contributed by atoms with Gasteiger partial charge in [0.2, 0.25) is 0 Å². The number of ether oxygens (including phenoxy) is 1. The highest BCUT2D eigenvalue weighted by molar-refractivity contribution is 14.1. The Morgan fingerprint density at radius 1 is 1.53 bits per heavy atom. The average Bonchev–Trinajstić information content (AvgIpc) is 2.41. The maximum Gasteiger partial charge on any atom is 0.270 e. The molecule has 2 rings (SSSR count). The highest BCUT2D eigenvalue weighted by Gasteiger charge is 2.14. The van der Waals surface area contributed by atoms with Crippen LogP contribution in [0, 0.1) is 19.6 Å². The molecule has 5 nitrogen and oxygen atoms in total. The minimum Gasteiger partial charge on any atom is -0.492 e. The number of nitrogens with one attached hydrogen (secondary N) is 1. The van der Waals surface area contributed by atoms with Gasteiger partial charge >= 0.3 is 0 Å². The molecule has 1 saturated heterocycles. The van der Waals surface area contributed by atoms with E-state index in [1.165, 1.54) is 25.0 Å². The van der Waals surface area contributed by atoms with E-state index in [0.717, 1.165) is 28.8 Å². The molecular formula is C13H17IN2O3. The number of benzene rings is 1. The molecule has 1 aliphatic rings. The third-order valence-electron chi connectivity index (χ3n) is 3.31. The summed E-state index contributed by atoms with van der Waals surface area (Å²) in [5.74, 6) is 1.42. The van der Waals surface area contributed by atoms with Gasteiger partial charge in [0.05, 0.1) is 15.1 Å². The van der Waals surface area contributed by atoms with Crippen LogP contribution in [0.1, 0.15) is 19.3 Å². The normalized spacial score (nSPS) is 19.1. The molecule has 104 valence electrons. The molecule has 0 aromatic heterocycles. The predicted octanol–water partition coefficient (Wildman–Crippen LogP) is 2.97. The molecule has 1 aliphatic heterocycles. The van der Waals surface area contributed by atoms with Gasteiger partial charge in [-0.25, -0.2) is 0 Å². The molecule has 0 bridgehead atoms. The fourth-order valence-electron chi connectivity index (χ4n) is 2.23. The Hall–Kier alpha value is -0.890. The third-order valence-corrected chi connectivity index (χ3v) is 4.15. The van der Waals surface area contributed by atoms with Gasteiger partial charge in [-0.3, -0.25) is 10.1 Å². The van der Waals surface area contributed by atoms with Gasteiger partial charge in [0.25, 0.3) is 5.69 Å². The van der Waals surface area contributed by atoms with Crippen molar-refractivity contribution in [1.29, 1.82) is 0 Å². The van der Waals surface area contributed by atoms with Crippen molar-refractivity contribution in [2.45, 2.75) is 19.3 Å². The van der Waals surface area contributed by atoms with E-state index in [1.807, 2.05) is 0 Å². The summed E-state index contributed by atoms with van der Waals surface area (Å²) < 4.78 is 6.50. The molecule has 1 aromatic rings. The summed E-state index contributed by atoms with van der Waals surface area (Å²) >= 11 is 2.07. The van der Waals surface area contributed by atoms with Crippen molar-refractivity contribution < 1.29 is 9.66 Å². The summed E-state index contributed by atoms with van der Waals surface area (Å²) in [6.07, 6.45) is 3.52. The van der Waals surface area contributed by atoms with Crippen molar-refractivity contribution >= 4 is 28.3 Å². The lowest BCUT2D eigenvalue weighted by Crippen LogP contribution is -2.30. The number of piperidine rings is 1. The first-order valence-electron chi connectivity index (χ1n) is 6.44. The monoisotopic (exact) mass is 376 g/mol. The van der Waals surface area contributed by atoms with Gasteiger partial charge in [0, 0.05) is 12.1 Å². The first-order chi connectivity index (χ1) is 9.16. The quantitative estimate of drug-likeness (QED) is 0.488. The fraction of sp³-hybridized carbons (Fsp3) is 0.538. The van der Waals surface area contributed by atoms with Gasteiger partial charge in [-0.1, -0.05) is 0 Å². The molecule has 1 fully saturated rings. The van der Waals surface area contributed by atoms with Gasteiger partial charge in [0.1, 0.15) is 5.75 Å². The minimum atomic E-state index is -0.389. The zero-order chi connectivity index (χ0) is 13.7. The Balaban J connectivity index is 1.83. The van der Waals surface area contributed by atoms with E-state index in [9.17, 15) is 10.1 Å². The molecule has 1 aromatic carbocycles. The Bertz CT molecular complexity index is 448. The zero-order valence-corrected chi connectivity index (χ0v) is 12.8. The number of nitrogens with zero attached hydrogens (tertiary/aromatic N) is 1. The highest BCUT2D eigenvalue weighted by atomic mass is 127. The summed E-state index contributed by atoms with van der Waals surface area (Å²) in [5.41, 5.74) is 0.105. The topological polar surface area (TPSA) is 64.4 Å². The van der Waals surface area contributed by atoms with E-state index >= 15 is 0 Å². The number of hydrogen-bond donors (Lipinski definition) is 1. The molecule has 0 saturated carbocycles. The van der Waals surface area contributed by atoms with Crippen molar-refractivity contribution in [3.63, 3.8) is 0 Å². The van der Waals surface area contributed by atoms with Gasteiger partial charge in [-0.15, -0.1) is 0 Å². The summed E-state index contributed by atoms with van der Waals surface area (Å²) in [7, 11) is 0. The van der Waals surface area contributed by atoms with Crippen LogP contribution in [0.15, 0.2) is 18.2 Å². The number of halogens is 1.